The minimum Gasteiger partial charge on any atom is -0.306 e. The van der Waals surface area contributed by atoms with E-state index < -0.39 is 0 Å². The number of aromatic nitrogens is 2. The highest BCUT2D eigenvalue weighted by atomic mass is 15.3. The van der Waals surface area contributed by atoms with Crippen LogP contribution in [0.25, 0.3) is 0 Å². The van der Waals surface area contributed by atoms with Crippen LogP contribution in [0, 0.1) is 13.8 Å². The van der Waals surface area contributed by atoms with E-state index in [1.807, 2.05) is 30.9 Å². The molecular weight excluding hydrogens is 427 g/mol. The van der Waals surface area contributed by atoms with E-state index in [2.05, 4.69) is 106 Å². The molecule has 0 unspecified atom stereocenters. The van der Waals surface area contributed by atoms with Gasteiger partial charge in [0.2, 0.25) is 6.71 Å². The first kappa shape index (κ1) is 20.0. The summed E-state index contributed by atoms with van der Waals surface area (Å²) in [5, 5.41) is 0. The average molecular weight is 450 g/mol. The Kier molecular flexibility index (Phi) is 4.33. The van der Waals surface area contributed by atoms with E-state index >= 15 is 0 Å². The third-order valence-corrected chi connectivity index (χ3v) is 7.30. The second kappa shape index (κ2) is 7.57. The van der Waals surface area contributed by atoms with Crippen molar-refractivity contribution in [1.82, 2.24) is 9.97 Å². The van der Waals surface area contributed by atoms with Crippen LogP contribution in [-0.2, 0) is 0 Å². The molecule has 0 saturated carbocycles. The highest BCUT2D eigenvalue weighted by Gasteiger charge is 2.42. The van der Waals surface area contributed by atoms with Gasteiger partial charge in [0.1, 0.15) is 0 Å². The molecule has 166 valence electrons. The van der Waals surface area contributed by atoms with Crippen molar-refractivity contribution in [1.29, 1.82) is 0 Å². The Hall–Kier alpha value is -4.38. The number of fused-ring (bicyclic) bond motifs is 4. The molecule has 0 saturated heterocycles. The van der Waals surface area contributed by atoms with Gasteiger partial charge >= 0.3 is 0 Å². The van der Waals surface area contributed by atoms with Gasteiger partial charge in [0.05, 0.1) is 46.5 Å². The molecule has 0 amide bonds. The fourth-order valence-corrected chi connectivity index (χ4v) is 5.90. The number of anilines is 6. The zero-order chi connectivity index (χ0) is 23.5. The summed E-state index contributed by atoms with van der Waals surface area (Å²) >= 11 is 0. The molecule has 0 atom stereocenters. The number of para-hydroxylation sites is 3. The van der Waals surface area contributed by atoms with Crippen molar-refractivity contribution in [3.63, 3.8) is 0 Å². The van der Waals surface area contributed by atoms with Gasteiger partial charge in [-0.25, -0.2) is 0 Å². The molecule has 2 aliphatic heterocycles. The Morgan fingerprint density at radius 1 is 0.571 bits per heavy atom. The summed E-state index contributed by atoms with van der Waals surface area (Å²) in [6, 6.07) is 28.2. The zero-order valence-electron chi connectivity index (χ0n) is 19.7. The molecule has 5 heteroatoms. The Morgan fingerprint density at radius 3 is 2.06 bits per heavy atom. The van der Waals surface area contributed by atoms with Crippen LogP contribution in [0.1, 0.15) is 11.1 Å². The molecule has 0 bridgehead atoms. The van der Waals surface area contributed by atoms with Crippen LogP contribution in [0.15, 0.2) is 104 Å². The Balaban J connectivity index is 1.59. The summed E-state index contributed by atoms with van der Waals surface area (Å²) in [5.74, 6) is 0. The molecule has 35 heavy (non-hydrogen) atoms. The molecule has 0 aliphatic carbocycles. The van der Waals surface area contributed by atoms with E-state index in [9.17, 15) is 0 Å². The van der Waals surface area contributed by atoms with Crippen molar-refractivity contribution >= 4 is 57.2 Å². The van der Waals surface area contributed by atoms with Gasteiger partial charge in [-0.1, -0.05) is 59.1 Å². The zero-order valence-corrected chi connectivity index (χ0v) is 19.7. The maximum atomic E-state index is 4.58. The first-order chi connectivity index (χ1) is 17.2. The van der Waals surface area contributed by atoms with E-state index in [-0.39, 0.29) is 6.71 Å². The van der Waals surface area contributed by atoms with Gasteiger partial charge in [-0.3, -0.25) is 9.97 Å². The van der Waals surface area contributed by atoms with E-state index in [1.54, 1.807) is 0 Å². The molecule has 5 aromatic rings. The third kappa shape index (κ3) is 2.81. The standard InChI is InChI=1S/C30H23BN4/c1-20-8-5-9-21(2)29(20)31-23-15-17-33-19-28(23)35-26-13-4-3-12-25(26)34(22-10-7-16-32-18-22)27-14-6-11-24(31)30(27)35/h3-19H,1-2H3. The Labute approximate surface area is 205 Å². The predicted octanol–water partition coefficient (Wildman–Crippen LogP) is 5.18. The van der Waals surface area contributed by atoms with Gasteiger partial charge in [-0.15, -0.1) is 0 Å². The van der Waals surface area contributed by atoms with Crippen LogP contribution in [0.4, 0.5) is 34.1 Å². The molecule has 3 aromatic carbocycles. The van der Waals surface area contributed by atoms with Crippen molar-refractivity contribution < 1.29 is 0 Å². The highest BCUT2D eigenvalue weighted by molar-refractivity contribution is 6.98. The molecule has 7 rings (SSSR count). The van der Waals surface area contributed by atoms with Crippen molar-refractivity contribution in [3.8, 4) is 0 Å². The summed E-state index contributed by atoms with van der Waals surface area (Å²) in [6.45, 7) is 4.58. The van der Waals surface area contributed by atoms with Crippen molar-refractivity contribution in [3.05, 3.63) is 115 Å². The van der Waals surface area contributed by atoms with E-state index in [1.165, 1.54) is 33.2 Å². The minimum absolute atomic E-state index is 0.126. The van der Waals surface area contributed by atoms with Crippen LogP contribution < -0.4 is 26.2 Å². The lowest BCUT2D eigenvalue weighted by atomic mass is 9.34. The lowest BCUT2D eigenvalue weighted by Gasteiger charge is -2.45. The summed E-state index contributed by atoms with van der Waals surface area (Å²) in [7, 11) is 0. The van der Waals surface area contributed by atoms with Crippen LogP contribution in [0.3, 0.4) is 0 Å². The fourth-order valence-electron chi connectivity index (χ4n) is 5.90. The topological polar surface area (TPSA) is 32.3 Å². The summed E-state index contributed by atoms with van der Waals surface area (Å²) in [4.78, 5) is 13.8. The van der Waals surface area contributed by atoms with Crippen LogP contribution in [0.2, 0.25) is 0 Å². The van der Waals surface area contributed by atoms with Crippen LogP contribution >= 0.6 is 0 Å². The molecule has 0 radical (unpaired) electrons. The largest absolute Gasteiger partial charge is 0.306 e. The van der Waals surface area contributed by atoms with Gasteiger partial charge in [-0.2, -0.15) is 0 Å². The molecule has 2 aliphatic rings. The van der Waals surface area contributed by atoms with Crippen molar-refractivity contribution in [2.75, 3.05) is 9.80 Å². The molecular formula is C30H23BN4. The maximum Gasteiger partial charge on any atom is 0.247 e. The lowest BCUT2D eigenvalue weighted by Crippen LogP contribution is -2.59. The Bertz CT molecular complexity index is 1580. The second-order valence-corrected chi connectivity index (χ2v) is 9.26. The number of rotatable bonds is 2. The number of benzene rings is 3. The van der Waals surface area contributed by atoms with Gasteiger partial charge < -0.3 is 9.80 Å². The number of pyridine rings is 2. The second-order valence-electron chi connectivity index (χ2n) is 9.26. The predicted molar refractivity (Wildman–Crippen MR) is 146 cm³/mol. The first-order valence-electron chi connectivity index (χ1n) is 12.0. The van der Waals surface area contributed by atoms with Gasteiger partial charge in [-0.05, 0) is 61.2 Å². The number of aryl methyl sites for hydroxylation is 2. The highest BCUT2D eigenvalue weighted by Crippen LogP contribution is 2.53. The first-order valence-corrected chi connectivity index (χ1v) is 12.0. The monoisotopic (exact) mass is 450 g/mol. The molecule has 4 nitrogen and oxygen atoms in total. The molecule has 0 spiro atoms. The summed E-state index contributed by atoms with van der Waals surface area (Å²) < 4.78 is 0. The smallest absolute Gasteiger partial charge is 0.247 e. The van der Waals surface area contributed by atoms with E-state index in [0.717, 1.165) is 28.4 Å². The van der Waals surface area contributed by atoms with E-state index in [0.29, 0.717) is 0 Å². The van der Waals surface area contributed by atoms with Crippen molar-refractivity contribution in [2.24, 2.45) is 0 Å². The van der Waals surface area contributed by atoms with Crippen molar-refractivity contribution in [2.45, 2.75) is 13.8 Å². The molecule has 4 heterocycles. The van der Waals surface area contributed by atoms with Gasteiger partial charge in [0, 0.05) is 12.4 Å². The quantitative estimate of drug-likeness (QED) is 0.340. The fraction of sp³-hybridized carbons (Fsp3) is 0.0667. The molecule has 0 N–H and O–H groups in total. The number of hydrogen-bond acceptors (Lipinski definition) is 4. The normalized spacial score (nSPS) is 13.3. The third-order valence-electron chi connectivity index (χ3n) is 7.30. The average Bonchev–Trinajstić information content (AvgIpc) is 2.90. The summed E-state index contributed by atoms with van der Waals surface area (Å²) in [5.41, 5.74) is 13.4. The minimum atomic E-state index is 0.126. The maximum absolute atomic E-state index is 4.58. The summed E-state index contributed by atoms with van der Waals surface area (Å²) in [6.07, 6.45) is 7.70. The van der Waals surface area contributed by atoms with E-state index in [4.69, 9.17) is 0 Å². The van der Waals surface area contributed by atoms with Crippen LogP contribution in [-0.4, -0.2) is 16.7 Å². The molecule has 0 fully saturated rings. The molecule has 2 aromatic heterocycles. The van der Waals surface area contributed by atoms with Crippen LogP contribution in [0.5, 0.6) is 0 Å². The lowest BCUT2D eigenvalue weighted by molar-refractivity contribution is 1.15. The SMILES string of the molecule is Cc1cccc(C)c1B1c2ccncc2N2c3ccccc3N(c3cccnc3)c3cccc1c32. The Morgan fingerprint density at radius 2 is 1.29 bits per heavy atom. The van der Waals surface area contributed by atoms with Gasteiger partial charge in [0.25, 0.3) is 0 Å². The number of hydrogen-bond donors (Lipinski definition) is 0. The number of nitrogens with zero attached hydrogens (tertiary/aromatic N) is 4. The van der Waals surface area contributed by atoms with Gasteiger partial charge in [0.15, 0.2) is 0 Å².